The van der Waals surface area contributed by atoms with Crippen molar-refractivity contribution in [1.82, 2.24) is 19.9 Å². The van der Waals surface area contributed by atoms with E-state index in [9.17, 15) is 0 Å². The van der Waals surface area contributed by atoms with Crippen LogP contribution in [0.15, 0.2) is 66.4 Å². The van der Waals surface area contributed by atoms with E-state index < -0.39 is 0 Å². The zero-order valence-electron chi connectivity index (χ0n) is 26.9. The standard InChI is InChI=1S/C36H8Br8Cl4N4S4.Cu/c37-21-23(39)31-18(10-2-6-14(46)54-10)33-25(41)27(43)35(51-33)20(12-4-8-16(48)56-12)36-28(44)26(42)34(52-36)19(11-3-7-15(47)55-11)32-24(40)22(38)30(50-32)17(29(21)49-31)9-1-5-13(45)53-9;/h1-8H;/q-2;+2. The first-order valence-corrected chi connectivity index (χ1v) is 26.5. The van der Waals surface area contributed by atoms with E-state index >= 15 is 0 Å². The van der Waals surface area contributed by atoms with Crippen LogP contribution in [0, 0.1) is 0 Å². The quantitative estimate of drug-likeness (QED) is 0.165. The molecule has 0 spiro atoms. The number of rotatable bonds is 4. The Balaban J connectivity index is 0.00000455. The van der Waals surface area contributed by atoms with E-state index in [1.54, 1.807) is 0 Å². The van der Waals surface area contributed by atoms with Crippen LogP contribution in [0.5, 0.6) is 0 Å². The summed E-state index contributed by atoms with van der Waals surface area (Å²) in [6.45, 7) is 0. The molecule has 7 aromatic rings. The van der Waals surface area contributed by atoms with Crippen molar-refractivity contribution in [2.24, 2.45) is 0 Å². The van der Waals surface area contributed by atoms with E-state index in [0.717, 1.165) is 41.8 Å². The molecule has 0 amide bonds. The van der Waals surface area contributed by atoms with Gasteiger partial charge in [-0.1, -0.05) is 110 Å². The van der Waals surface area contributed by atoms with Gasteiger partial charge in [-0.15, -0.1) is 67.4 Å². The van der Waals surface area contributed by atoms with E-state index in [0.29, 0.717) is 98.0 Å². The summed E-state index contributed by atoms with van der Waals surface area (Å²) in [4.78, 5) is 25.1. The molecule has 291 valence electrons. The van der Waals surface area contributed by atoms with Gasteiger partial charge < -0.3 is 9.97 Å². The van der Waals surface area contributed by atoms with Crippen molar-refractivity contribution in [3.8, 4) is 41.8 Å². The second-order valence-electron chi connectivity index (χ2n) is 11.7. The summed E-state index contributed by atoms with van der Waals surface area (Å²) in [5.41, 5.74) is 8.07. The molecular formula is C36H8Br8Cl4CuN4S4. The van der Waals surface area contributed by atoms with Gasteiger partial charge in [-0.25, -0.2) is 9.97 Å². The maximum Gasteiger partial charge on any atom is 2.00 e. The molecule has 0 N–H and O–H groups in total. The number of hydrogen-bond donors (Lipinski definition) is 0. The fraction of sp³-hybridized carbons (Fsp3) is 0. The summed E-state index contributed by atoms with van der Waals surface area (Å²) >= 11 is 63.7. The van der Waals surface area contributed by atoms with Gasteiger partial charge in [0.1, 0.15) is 0 Å². The third-order valence-electron chi connectivity index (χ3n) is 8.50. The first-order chi connectivity index (χ1) is 26.7. The number of thiophene rings is 4. The van der Waals surface area contributed by atoms with E-state index in [4.69, 9.17) is 66.3 Å². The molecule has 4 nitrogen and oxygen atoms in total. The number of nitrogens with zero attached hydrogens (tertiary/aromatic N) is 4. The van der Waals surface area contributed by atoms with Crippen molar-refractivity contribution in [1.29, 1.82) is 0 Å². The Kier molecular flexibility index (Phi) is 13.7. The first kappa shape index (κ1) is 44.5. The van der Waals surface area contributed by atoms with Gasteiger partial charge in [0.25, 0.3) is 0 Å². The fourth-order valence-electron chi connectivity index (χ4n) is 6.17. The van der Waals surface area contributed by atoms with Gasteiger partial charge in [-0.2, -0.15) is 0 Å². The zero-order valence-corrected chi connectivity index (χ0v) is 46.8. The van der Waals surface area contributed by atoms with Crippen LogP contribution in [0.3, 0.4) is 0 Å². The Morgan fingerprint density at radius 3 is 0.754 bits per heavy atom. The predicted molar refractivity (Wildman–Crippen MR) is 272 cm³/mol. The summed E-state index contributed by atoms with van der Waals surface area (Å²) in [5.74, 6) is 0. The Morgan fingerprint density at radius 2 is 0.579 bits per heavy atom. The summed E-state index contributed by atoms with van der Waals surface area (Å²) in [5, 5.41) is 0. The maximum atomic E-state index is 6.62. The zero-order chi connectivity index (χ0) is 39.5. The van der Waals surface area contributed by atoms with Gasteiger partial charge in [0.15, 0.2) is 0 Å². The third-order valence-corrected chi connectivity index (χ3v) is 21.8. The van der Waals surface area contributed by atoms with Crippen LogP contribution in [-0.4, -0.2) is 9.97 Å². The average molecular weight is 1470 g/mol. The van der Waals surface area contributed by atoms with Crippen LogP contribution in [-0.2, 0) is 17.1 Å². The molecule has 7 aromatic heterocycles. The number of aromatic nitrogens is 4. The molecule has 0 aliphatic carbocycles. The van der Waals surface area contributed by atoms with E-state index in [2.05, 4.69) is 127 Å². The number of hydrogen-bond acceptors (Lipinski definition) is 6. The van der Waals surface area contributed by atoms with Crippen LogP contribution in [0.4, 0.5) is 0 Å². The second kappa shape index (κ2) is 17.5. The average Bonchev–Trinajstić information content (AvgIpc) is 4.06. The Hall–Kier alpha value is 0.919. The van der Waals surface area contributed by atoms with Gasteiger partial charge >= 0.3 is 17.1 Å². The van der Waals surface area contributed by atoms with E-state index in [-0.39, 0.29) is 17.1 Å². The smallest absolute Gasteiger partial charge is 0.655 e. The van der Waals surface area contributed by atoms with Crippen LogP contribution < -0.4 is 9.97 Å². The minimum Gasteiger partial charge on any atom is -0.655 e. The van der Waals surface area contributed by atoms with Crippen molar-refractivity contribution < 1.29 is 17.1 Å². The van der Waals surface area contributed by atoms with E-state index in [1.807, 2.05) is 48.5 Å². The summed E-state index contributed by atoms with van der Waals surface area (Å²) in [7, 11) is 0. The Labute approximate surface area is 437 Å². The minimum absolute atomic E-state index is 0. The largest absolute Gasteiger partial charge is 2.00 e. The molecule has 0 saturated carbocycles. The molecule has 0 fully saturated rings. The van der Waals surface area contributed by atoms with Crippen molar-refractivity contribution in [2.45, 2.75) is 0 Å². The van der Waals surface area contributed by atoms with Crippen molar-refractivity contribution in [2.75, 3.05) is 0 Å². The molecular weight excluding hydrogens is 1460 g/mol. The molecule has 0 unspecified atom stereocenters. The predicted octanol–water partition coefficient (Wildman–Crippen LogP) is 19.4. The van der Waals surface area contributed by atoms with Gasteiger partial charge in [0.05, 0.1) is 58.1 Å². The molecule has 2 aliphatic heterocycles. The molecule has 9 heterocycles. The summed E-state index contributed by atoms with van der Waals surface area (Å²) < 4.78 is 8.21. The molecule has 2 aliphatic rings. The molecule has 0 atom stereocenters. The van der Waals surface area contributed by atoms with Crippen molar-refractivity contribution in [3.63, 3.8) is 0 Å². The van der Waals surface area contributed by atoms with Crippen LogP contribution in [0.1, 0.15) is 22.8 Å². The van der Waals surface area contributed by atoms with Gasteiger partial charge in [0, 0.05) is 59.7 Å². The molecule has 57 heavy (non-hydrogen) atoms. The van der Waals surface area contributed by atoms with Crippen LogP contribution >= 0.6 is 219 Å². The van der Waals surface area contributed by atoms with Gasteiger partial charge in [-0.3, -0.25) is 0 Å². The first-order valence-electron chi connectivity index (χ1n) is 15.3. The molecule has 0 aromatic carbocycles. The number of halogens is 12. The SMILES string of the molecule is Clc1ccc(-c2c3nc(c(-c4ccc(Cl)s4)c4[n-]c(c(Br)c4Br)c(-c4ccc(Cl)s4)c4nc(c(-c5ccc(Cl)s5)c5[n-]c2c(Br)c5Br)C(Br)=C4Br)C(Br)=C3Br)s1.[Cu+2]. The Morgan fingerprint density at radius 1 is 0.368 bits per heavy atom. The molecule has 9 rings (SSSR count). The fourth-order valence-corrected chi connectivity index (χ4v) is 14.3. The van der Waals surface area contributed by atoms with Crippen LogP contribution in [0.25, 0.3) is 81.8 Å². The monoisotopic (exact) mass is 1460 g/mol. The molecule has 0 saturated heterocycles. The van der Waals surface area contributed by atoms with Crippen molar-refractivity contribution in [3.05, 3.63) is 107 Å². The Bertz CT molecular complexity index is 2710. The topological polar surface area (TPSA) is 54.0 Å². The third kappa shape index (κ3) is 7.74. The van der Waals surface area contributed by atoms with Gasteiger partial charge in [-0.05, 0) is 112 Å². The molecule has 1 radical (unpaired) electrons. The van der Waals surface area contributed by atoms with E-state index in [1.165, 1.54) is 45.3 Å². The second-order valence-corrected chi connectivity index (χ2v) is 24.9. The minimum atomic E-state index is 0. The molecule has 8 bridgehead atoms. The van der Waals surface area contributed by atoms with Gasteiger partial charge in [0.2, 0.25) is 0 Å². The normalized spacial score (nSPS) is 13.0. The summed E-state index contributed by atoms with van der Waals surface area (Å²) in [6, 6.07) is 15.4. The maximum absolute atomic E-state index is 6.62. The van der Waals surface area contributed by atoms with Crippen LogP contribution in [0.2, 0.25) is 17.3 Å². The molecule has 21 heteroatoms. The van der Waals surface area contributed by atoms with Crippen molar-refractivity contribution >= 4 is 259 Å². The number of fused-ring (bicyclic) bond motifs is 8. The summed E-state index contributed by atoms with van der Waals surface area (Å²) in [6.07, 6.45) is 0.